The van der Waals surface area contributed by atoms with E-state index in [1.54, 1.807) is 6.20 Å². The van der Waals surface area contributed by atoms with Crippen LogP contribution < -0.4 is 11.1 Å². The molecule has 1 heterocycles. The molecule has 2 aromatic rings. The van der Waals surface area contributed by atoms with Crippen molar-refractivity contribution in [1.29, 1.82) is 0 Å². The van der Waals surface area contributed by atoms with Gasteiger partial charge in [-0.1, -0.05) is 12.1 Å². The maximum atomic E-state index is 5.93. The lowest BCUT2D eigenvalue weighted by Gasteiger charge is -2.14. The van der Waals surface area contributed by atoms with E-state index in [4.69, 9.17) is 5.73 Å². The molecule has 78 valence electrons. The van der Waals surface area contributed by atoms with Crippen LogP contribution in [0.5, 0.6) is 0 Å². The van der Waals surface area contributed by atoms with Gasteiger partial charge in [0.25, 0.3) is 0 Å². The molecule has 2 rings (SSSR count). The number of nitrogens with two attached hydrogens (primary N) is 1. The first kappa shape index (κ1) is 9.77. The molecule has 0 radical (unpaired) electrons. The van der Waals surface area contributed by atoms with E-state index in [1.807, 2.05) is 24.3 Å². The molecule has 0 aliphatic carbocycles. The van der Waals surface area contributed by atoms with Crippen LogP contribution in [0.4, 0.5) is 11.4 Å². The number of anilines is 2. The second kappa shape index (κ2) is 3.77. The highest BCUT2D eigenvalue weighted by molar-refractivity contribution is 5.96. The number of nitrogens with one attached hydrogen (secondary N) is 1. The molecule has 0 saturated carbocycles. The lowest BCUT2D eigenvalue weighted by atomic mass is 10.1. The maximum Gasteiger partial charge on any atom is 0.0954 e. The molecular weight excluding hydrogens is 186 g/mol. The van der Waals surface area contributed by atoms with E-state index >= 15 is 0 Å². The van der Waals surface area contributed by atoms with Gasteiger partial charge in [-0.15, -0.1) is 0 Å². The first-order chi connectivity index (χ1) is 7.18. The van der Waals surface area contributed by atoms with E-state index in [9.17, 15) is 0 Å². The van der Waals surface area contributed by atoms with Crippen LogP contribution in [-0.4, -0.2) is 11.0 Å². The minimum absolute atomic E-state index is 0.347. The van der Waals surface area contributed by atoms with Crippen LogP contribution in [0.1, 0.15) is 13.8 Å². The summed E-state index contributed by atoms with van der Waals surface area (Å²) in [5.74, 6) is 0. The van der Waals surface area contributed by atoms with E-state index in [0.717, 1.165) is 22.3 Å². The molecule has 3 nitrogen and oxygen atoms in total. The van der Waals surface area contributed by atoms with Crippen LogP contribution in [0.25, 0.3) is 10.9 Å². The number of aromatic nitrogens is 1. The van der Waals surface area contributed by atoms with Gasteiger partial charge in [0.05, 0.1) is 16.9 Å². The van der Waals surface area contributed by atoms with E-state index in [1.165, 1.54) is 0 Å². The number of hydrogen-bond acceptors (Lipinski definition) is 3. The van der Waals surface area contributed by atoms with Crippen LogP contribution in [0.3, 0.4) is 0 Å². The topological polar surface area (TPSA) is 50.9 Å². The Morgan fingerprint density at radius 2 is 2.07 bits per heavy atom. The summed E-state index contributed by atoms with van der Waals surface area (Å²) < 4.78 is 0. The largest absolute Gasteiger partial charge is 0.397 e. The fourth-order valence-electron chi connectivity index (χ4n) is 1.60. The molecule has 3 N–H and O–H groups in total. The van der Waals surface area contributed by atoms with Gasteiger partial charge in [0.15, 0.2) is 0 Å². The second-order valence-corrected chi connectivity index (χ2v) is 3.90. The van der Waals surface area contributed by atoms with E-state index in [0.29, 0.717) is 6.04 Å². The molecule has 0 bridgehead atoms. The summed E-state index contributed by atoms with van der Waals surface area (Å²) >= 11 is 0. The highest BCUT2D eigenvalue weighted by Crippen LogP contribution is 2.27. The van der Waals surface area contributed by atoms with Gasteiger partial charge in [-0.25, -0.2) is 0 Å². The molecule has 1 aromatic carbocycles. The van der Waals surface area contributed by atoms with Crippen LogP contribution in [0.2, 0.25) is 0 Å². The van der Waals surface area contributed by atoms with Crippen LogP contribution in [0, 0.1) is 0 Å². The summed E-state index contributed by atoms with van der Waals surface area (Å²) in [7, 11) is 0. The van der Waals surface area contributed by atoms with Crippen LogP contribution in [-0.2, 0) is 0 Å². The number of hydrogen-bond donors (Lipinski definition) is 2. The Morgan fingerprint density at radius 1 is 1.27 bits per heavy atom. The van der Waals surface area contributed by atoms with Gasteiger partial charge >= 0.3 is 0 Å². The highest BCUT2D eigenvalue weighted by atomic mass is 14.9. The molecule has 0 unspecified atom stereocenters. The Morgan fingerprint density at radius 3 is 2.80 bits per heavy atom. The number of benzene rings is 1. The molecular formula is C12H15N3. The molecule has 0 amide bonds. The first-order valence-corrected chi connectivity index (χ1v) is 5.08. The van der Waals surface area contributed by atoms with Gasteiger partial charge in [0, 0.05) is 17.6 Å². The van der Waals surface area contributed by atoms with Crippen molar-refractivity contribution in [3.8, 4) is 0 Å². The highest BCUT2D eigenvalue weighted by Gasteiger charge is 2.06. The monoisotopic (exact) mass is 201 g/mol. The van der Waals surface area contributed by atoms with Gasteiger partial charge in [0.1, 0.15) is 0 Å². The zero-order valence-corrected chi connectivity index (χ0v) is 8.99. The maximum absolute atomic E-state index is 5.93. The van der Waals surface area contributed by atoms with Gasteiger partial charge in [0.2, 0.25) is 0 Å². The quantitative estimate of drug-likeness (QED) is 0.734. The third kappa shape index (κ3) is 1.86. The molecule has 0 aliphatic rings. The summed E-state index contributed by atoms with van der Waals surface area (Å²) in [5.41, 5.74) is 8.55. The average molecular weight is 201 g/mol. The predicted molar refractivity (Wildman–Crippen MR) is 64.9 cm³/mol. The molecule has 15 heavy (non-hydrogen) atoms. The summed E-state index contributed by atoms with van der Waals surface area (Å²) in [4.78, 5) is 4.35. The fraction of sp³-hybridized carbons (Fsp3) is 0.250. The van der Waals surface area contributed by atoms with Crippen molar-refractivity contribution in [1.82, 2.24) is 4.98 Å². The minimum Gasteiger partial charge on any atom is -0.397 e. The summed E-state index contributed by atoms with van der Waals surface area (Å²) in [6, 6.07) is 8.21. The SMILES string of the molecule is CC(C)Nc1c(N)ccc2cccnc12. The van der Waals surface area contributed by atoms with Crippen LogP contribution in [0.15, 0.2) is 30.5 Å². The standard InChI is InChI=1S/C12H15N3/c1-8(2)15-12-10(13)6-5-9-4-3-7-14-11(9)12/h3-8,15H,13H2,1-2H3. The second-order valence-electron chi connectivity index (χ2n) is 3.90. The number of nitrogens with zero attached hydrogens (tertiary/aromatic N) is 1. The van der Waals surface area contributed by atoms with Crippen molar-refractivity contribution in [2.75, 3.05) is 11.1 Å². The van der Waals surface area contributed by atoms with Crippen molar-refractivity contribution in [2.45, 2.75) is 19.9 Å². The van der Waals surface area contributed by atoms with Crippen molar-refractivity contribution in [3.63, 3.8) is 0 Å². The molecule has 0 atom stereocenters. The number of nitrogen functional groups attached to an aromatic ring is 1. The summed E-state index contributed by atoms with van der Waals surface area (Å²) in [5, 5.41) is 4.43. The lowest BCUT2D eigenvalue weighted by Crippen LogP contribution is -2.12. The lowest BCUT2D eigenvalue weighted by molar-refractivity contribution is 0.901. The van der Waals surface area contributed by atoms with Gasteiger partial charge < -0.3 is 11.1 Å². The zero-order valence-electron chi connectivity index (χ0n) is 8.99. The summed E-state index contributed by atoms with van der Waals surface area (Å²) in [6.45, 7) is 4.17. The molecule has 0 aliphatic heterocycles. The van der Waals surface area contributed by atoms with Crippen molar-refractivity contribution >= 4 is 22.3 Å². The molecule has 0 fully saturated rings. The number of fused-ring (bicyclic) bond motifs is 1. The Kier molecular flexibility index (Phi) is 2.46. The van der Waals surface area contributed by atoms with Crippen LogP contribution >= 0.6 is 0 Å². The molecule has 3 heteroatoms. The van der Waals surface area contributed by atoms with E-state index in [2.05, 4.69) is 24.1 Å². The van der Waals surface area contributed by atoms with Gasteiger partial charge in [-0.3, -0.25) is 4.98 Å². The minimum atomic E-state index is 0.347. The van der Waals surface area contributed by atoms with Gasteiger partial charge in [-0.05, 0) is 26.0 Å². The predicted octanol–water partition coefficient (Wildman–Crippen LogP) is 2.64. The first-order valence-electron chi connectivity index (χ1n) is 5.08. The Bertz CT molecular complexity index is 477. The Labute approximate surface area is 89.3 Å². The normalized spacial score (nSPS) is 10.9. The van der Waals surface area contributed by atoms with Crippen molar-refractivity contribution in [3.05, 3.63) is 30.5 Å². The van der Waals surface area contributed by atoms with Crippen molar-refractivity contribution < 1.29 is 0 Å². The van der Waals surface area contributed by atoms with E-state index in [-0.39, 0.29) is 0 Å². The zero-order chi connectivity index (χ0) is 10.8. The average Bonchev–Trinajstić information content (AvgIpc) is 2.22. The van der Waals surface area contributed by atoms with Gasteiger partial charge in [-0.2, -0.15) is 0 Å². The van der Waals surface area contributed by atoms with Crippen molar-refractivity contribution in [2.24, 2.45) is 0 Å². The molecule has 1 aromatic heterocycles. The fourth-order valence-corrected chi connectivity index (χ4v) is 1.60. The van der Waals surface area contributed by atoms with E-state index < -0.39 is 0 Å². The third-order valence-corrected chi connectivity index (χ3v) is 2.24. The molecule has 0 saturated heterocycles. The third-order valence-electron chi connectivity index (χ3n) is 2.24. The number of rotatable bonds is 2. The number of pyridine rings is 1. The Hall–Kier alpha value is -1.77. The Balaban J connectivity index is 2.63. The smallest absolute Gasteiger partial charge is 0.0954 e. The molecule has 0 spiro atoms. The summed E-state index contributed by atoms with van der Waals surface area (Å²) in [6.07, 6.45) is 1.78.